The largest absolute Gasteiger partial charge is 0.508 e. The summed E-state index contributed by atoms with van der Waals surface area (Å²) in [5.41, 5.74) is 0.587. The van der Waals surface area contributed by atoms with Gasteiger partial charge in [0.2, 0.25) is 0 Å². The van der Waals surface area contributed by atoms with Gasteiger partial charge in [-0.2, -0.15) is 0 Å². The van der Waals surface area contributed by atoms with E-state index in [1.807, 2.05) is 0 Å². The van der Waals surface area contributed by atoms with E-state index in [9.17, 15) is 9.90 Å². The highest BCUT2D eigenvalue weighted by Crippen LogP contribution is 2.30. The van der Waals surface area contributed by atoms with Crippen LogP contribution in [0.25, 0.3) is 0 Å². The minimum atomic E-state index is -0.487. The van der Waals surface area contributed by atoms with E-state index in [1.54, 1.807) is 6.07 Å². The summed E-state index contributed by atoms with van der Waals surface area (Å²) in [5, 5.41) is 21.3. The van der Waals surface area contributed by atoms with Crippen molar-refractivity contribution in [1.82, 2.24) is 5.32 Å². The number of phenolic OH excluding ortho intramolecular Hbond substituents is 2. The van der Waals surface area contributed by atoms with E-state index in [4.69, 9.17) is 9.84 Å². The zero-order chi connectivity index (χ0) is 10.8. The van der Waals surface area contributed by atoms with Crippen LogP contribution in [0, 0.1) is 0 Å². The Labute approximate surface area is 98.5 Å². The monoisotopic (exact) mass is 245 g/mol. The van der Waals surface area contributed by atoms with Gasteiger partial charge >= 0.3 is 6.09 Å². The number of alkyl carbamates (subject to hydrolysis) is 1. The standard InChI is InChI=1S/C10H11NO4.ClH/c12-6-1-2-7(9(13)5-6)8-3-4-15-10(14)11-8;/h1-2,5,8,12-13H,3-4H2,(H,11,14);1H/t8-;/m0./s1. The van der Waals surface area contributed by atoms with E-state index in [2.05, 4.69) is 5.32 Å². The van der Waals surface area contributed by atoms with Crippen LogP contribution >= 0.6 is 12.4 Å². The van der Waals surface area contributed by atoms with Gasteiger partial charge in [0.05, 0.1) is 12.6 Å². The summed E-state index contributed by atoms with van der Waals surface area (Å²) in [7, 11) is 0. The zero-order valence-corrected chi connectivity index (χ0v) is 9.16. The van der Waals surface area contributed by atoms with E-state index >= 15 is 0 Å². The van der Waals surface area contributed by atoms with E-state index in [0.717, 1.165) is 0 Å². The molecule has 1 aromatic rings. The van der Waals surface area contributed by atoms with Crippen molar-refractivity contribution in [2.24, 2.45) is 0 Å². The van der Waals surface area contributed by atoms with Crippen LogP contribution in [0.4, 0.5) is 4.79 Å². The second kappa shape index (κ2) is 4.94. The summed E-state index contributed by atoms with van der Waals surface area (Å²) >= 11 is 0. The molecular weight excluding hydrogens is 234 g/mol. The van der Waals surface area contributed by atoms with Gasteiger partial charge in [-0.3, -0.25) is 0 Å². The molecule has 1 aliphatic heterocycles. The molecule has 0 saturated carbocycles. The number of cyclic esters (lactones) is 1. The zero-order valence-electron chi connectivity index (χ0n) is 8.34. The van der Waals surface area contributed by atoms with Gasteiger partial charge in [0.15, 0.2) is 0 Å². The average molecular weight is 246 g/mol. The number of rotatable bonds is 1. The number of carbonyl (C=O) groups is 1. The fourth-order valence-electron chi connectivity index (χ4n) is 1.59. The number of phenols is 2. The van der Waals surface area contributed by atoms with Gasteiger partial charge in [-0.05, 0) is 12.1 Å². The van der Waals surface area contributed by atoms with E-state index in [0.29, 0.717) is 18.6 Å². The summed E-state index contributed by atoms with van der Waals surface area (Å²) in [6, 6.07) is 4.04. The first kappa shape index (κ1) is 12.4. The second-order valence-electron chi connectivity index (χ2n) is 3.36. The predicted octanol–water partition coefficient (Wildman–Crippen LogP) is 1.69. The maximum atomic E-state index is 11.0. The molecule has 0 aliphatic carbocycles. The van der Waals surface area contributed by atoms with E-state index in [1.165, 1.54) is 12.1 Å². The fraction of sp³-hybridized carbons (Fsp3) is 0.300. The van der Waals surface area contributed by atoms with Crippen molar-refractivity contribution in [1.29, 1.82) is 0 Å². The molecule has 1 saturated heterocycles. The van der Waals surface area contributed by atoms with Crippen molar-refractivity contribution < 1.29 is 19.7 Å². The Hall–Kier alpha value is -1.62. The number of ether oxygens (including phenoxy) is 1. The SMILES string of the molecule is Cl.O=C1N[C@H](c2ccc(O)cc2O)CCO1. The number of nitrogens with one attached hydrogen (secondary N) is 1. The normalized spacial score (nSPS) is 19.2. The number of halogens is 1. The van der Waals surface area contributed by atoms with Crippen molar-refractivity contribution in [2.75, 3.05) is 6.61 Å². The molecule has 0 radical (unpaired) electrons. The topological polar surface area (TPSA) is 78.8 Å². The van der Waals surface area contributed by atoms with Crippen LogP contribution in [0.1, 0.15) is 18.0 Å². The number of hydrogen-bond acceptors (Lipinski definition) is 4. The summed E-state index contributed by atoms with van der Waals surface area (Å²) in [6.45, 7) is 0.330. The Morgan fingerprint density at radius 2 is 2.12 bits per heavy atom. The molecule has 0 unspecified atom stereocenters. The number of aromatic hydroxyl groups is 2. The highest BCUT2D eigenvalue weighted by Gasteiger charge is 2.23. The molecule has 1 aromatic carbocycles. The summed E-state index contributed by atoms with van der Waals surface area (Å²) in [6.07, 6.45) is 0.114. The first-order chi connectivity index (χ1) is 7.16. The van der Waals surface area contributed by atoms with Crippen molar-refractivity contribution in [2.45, 2.75) is 12.5 Å². The maximum Gasteiger partial charge on any atom is 0.407 e. The first-order valence-electron chi connectivity index (χ1n) is 4.62. The lowest BCUT2D eigenvalue weighted by atomic mass is 10.0. The quantitative estimate of drug-likeness (QED) is 0.704. The molecule has 2 rings (SSSR count). The van der Waals surface area contributed by atoms with Crippen LogP contribution in [0.5, 0.6) is 11.5 Å². The summed E-state index contributed by atoms with van der Waals surface area (Å²) in [4.78, 5) is 11.0. The molecule has 88 valence electrons. The molecule has 1 fully saturated rings. The number of hydrogen-bond donors (Lipinski definition) is 3. The molecule has 5 nitrogen and oxygen atoms in total. The molecule has 6 heteroatoms. The molecule has 0 spiro atoms. The van der Waals surface area contributed by atoms with E-state index < -0.39 is 6.09 Å². The molecule has 3 N–H and O–H groups in total. The van der Waals surface area contributed by atoms with Crippen LogP contribution < -0.4 is 5.32 Å². The van der Waals surface area contributed by atoms with Crippen molar-refractivity contribution >= 4 is 18.5 Å². The number of benzene rings is 1. The lowest BCUT2D eigenvalue weighted by Crippen LogP contribution is -2.35. The molecule has 16 heavy (non-hydrogen) atoms. The third-order valence-electron chi connectivity index (χ3n) is 2.32. The lowest BCUT2D eigenvalue weighted by Gasteiger charge is -2.24. The average Bonchev–Trinajstić information content (AvgIpc) is 2.17. The highest BCUT2D eigenvalue weighted by atomic mass is 35.5. The van der Waals surface area contributed by atoms with Crippen LogP contribution in [0.2, 0.25) is 0 Å². The molecule has 1 amide bonds. The predicted molar refractivity (Wildman–Crippen MR) is 58.9 cm³/mol. The Morgan fingerprint density at radius 3 is 2.75 bits per heavy atom. The van der Waals surface area contributed by atoms with Crippen molar-refractivity contribution in [3.63, 3.8) is 0 Å². The fourth-order valence-corrected chi connectivity index (χ4v) is 1.59. The Morgan fingerprint density at radius 1 is 1.38 bits per heavy atom. The minimum Gasteiger partial charge on any atom is -0.508 e. The minimum absolute atomic E-state index is 0. The van der Waals surface area contributed by atoms with Crippen LogP contribution in [0.15, 0.2) is 18.2 Å². The van der Waals surface area contributed by atoms with Crippen LogP contribution in [-0.2, 0) is 4.74 Å². The van der Waals surface area contributed by atoms with Gasteiger partial charge < -0.3 is 20.3 Å². The number of carbonyl (C=O) groups excluding carboxylic acids is 1. The molecule has 0 aromatic heterocycles. The Balaban J connectivity index is 0.00000128. The van der Waals surface area contributed by atoms with Gasteiger partial charge in [-0.15, -0.1) is 12.4 Å². The van der Waals surface area contributed by atoms with Gasteiger partial charge in [0, 0.05) is 18.1 Å². The van der Waals surface area contributed by atoms with Gasteiger partial charge in [-0.1, -0.05) is 0 Å². The Bertz CT molecular complexity index is 396. The molecule has 1 aliphatic rings. The molecule has 1 atom stereocenters. The first-order valence-corrected chi connectivity index (χ1v) is 4.62. The van der Waals surface area contributed by atoms with E-state index in [-0.39, 0.29) is 29.9 Å². The van der Waals surface area contributed by atoms with Gasteiger partial charge in [0.25, 0.3) is 0 Å². The van der Waals surface area contributed by atoms with Crippen LogP contribution in [0.3, 0.4) is 0 Å². The second-order valence-corrected chi connectivity index (χ2v) is 3.36. The number of amides is 1. The van der Waals surface area contributed by atoms with Crippen LogP contribution in [-0.4, -0.2) is 22.9 Å². The highest BCUT2D eigenvalue weighted by molar-refractivity contribution is 5.85. The Kier molecular flexibility index (Phi) is 3.84. The lowest BCUT2D eigenvalue weighted by molar-refractivity contribution is 0.115. The summed E-state index contributed by atoms with van der Waals surface area (Å²) in [5.74, 6) is -0.0307. The van der Waals surface area contributed by atoms with Crippen molar-refractivity contribution in [3.05, 3.63) is 23.8 Å². The maximum absolute atomic E-state index is 11.0. The summed E-state index contributed by atoms with van der Waals surface area (Å²) < 4.78 is 4.71. The smallest absolute Gasteiger partial charge is 0.407 e. The van der Waals surface area contributed by atoms with Gasteiger partial charge in [-0.25, -0.2) is 4.79 Å². The molecule has 0 bridgehead atoms. The third-order valence-corrected chi connectivity index (χ3v) is 2.32. The van der Waals surface area contributed by atoms with Gasteiger partial charge in [0.1, 0.15) is 11.5 Å². The third kappa shape index (κ3) is 2.49. The molecular formula is C10H12ClNO4. The molecule has 1 heterocycles. The van der Waals surface area contributed by atoms with Crippen molar-refractivity contribution in [3.8, 4) is 11.5 Å².